The molecule has 1 amide bonds. The lowest BCUT2D eigenvalue weighted by Crippen LogP contribution is -2.41. The van der Waals surface area contributed by atoms with Crippen molar-refractivity contribution in [2.45, 2.75) is 19.5 Å². The van der Waals surface area contributed by atoms with Crippen LogP contribution in [0, 0.1) is 0 Å². The van der Waals surface area contributed by atoms with Gasteiger partial charge in [-0.3, -0.25) is 9.69 Å². The van der Waals surface area contributed by atoms with E-state index in [0.717, 1.165) is 45.1 Å². The average Bonchev–Trinajstić information content (AvgIpc) is 3.15. The number of ether oxygens (including phenoxy) is 1. The summed E-state index contributed by atoms with van der Waals surface area (Å²) in [4.78, 5) is 17.0. The topological polar surface area (TPSA) is 49.7 Å². The number of fused-ring (bicyclic) bond motifs is 1. The van der Waals surface area contributed by atoms with Crippen molar-refractivity contribution in [3.63, 3.8) is 0 Å². The van der Waals surface area contributed by atoms with Crippen LogP contribution in [0.4, 0.5) is 11.4 Å². The monoisotopic (exact) mass is 354 g/mol. The Balaban J connectivity index is 1.33. The number of benzene rings is 1. The van der Waals surface area contributed by atoms with Crippen LogP contribution in [0.15, 0.2) is 42.6 Å². The molecule has 0 spiro atoms. The van der Waals surface area contributed by atoms with E-state index >= 15 is 0 Å². The van der Waals surface area contributed by atoms with Gasteiger partial charge in [-0.05, 0) is 43.3 Å². The first-order valence-corrected chi connectivity index (χ1v) is 9.32. The lowest BCUT2D eigenvalue weighted by atomic mass is 10.1. The highest BCUT2D eigenvalue weighted by Gasteiger charge is 2.25. The van der Waals surface area contributed by atoms with Crippen molar-refractivity contribution in [3.8, 4) is 0 Å². The zero-order valence-corrected chi connectivity index (χ0v) is 15.2. The van der Waals surface area contributed by atoms with Gasteiger partial charge in [0.1, 0.15) is 0 Å². The summed E-state index contributed by atoms with van der Waals surface area (Å²) in [6, 6.07) is 12.6. The van der Waals surface area contributed by atoms with Gasteiger partial charge in [-0.2, -0.15) is 0 Å². The van der Waals surface area contributed by atoms with Gasteiger partial charge in [0.05, 0.1) is 19.8 Å². The maximum Gasteiger partial charge on any atom is 0.238 e. The highest BCUT2D eigenvalue weighted by Crippen LogP contribution is 2.25. The fraction of sp³-hybridized carbons (Fsp3) is 0.450. The molecule has 1 atom stereocenters. The number of hydrogen-bond acceptors (Lipinski definition) is 4. The quantitative estimate of drug-likeness (QED) is 0.916. The number of aromatic nitrogens is 1. The van der Waals surface area contributed by atoms with Crippen LogP contribution < -0.4 is 10.2 Å². The fourth-order valence-electron chi connectivity index (χ4n) is 3.81. The van der Waals surface area contributed by atoms with Crippen molar-refractivity contribution >= 4 is 17.3 Å². The number of hydrogen-bond donors (Lipinski definition) is 1. The van der Waals surface area contributed by atoms with Crippen molar-refractivity contribution in [2.24, 2.45) is 0 Å². The number of carbonyl (C=O) groups is 1. The minimum atomic E-state index is 0.0379. The van der Waals surface area contributed by atoms with E-state index in [9.17, 15) is 4.79 Å². The second kappa shape index (κ2) is 7.51. The van der Waals surface area contributed by atoms with Crippen LogP contribution in [-0.4, -0.2) is 54.8 Å². The normalized spacial score (nSPS) is 20.7. The molecule has 1 aromatic carbocycles. The first-order valence-electron chi connectivity index (χ1n) is 9.32. The Morgan fingerprint density at radius 2 is 1.88 bits per heavy atom. The van der Waals surface area contributed by atoms with Gasteiger partial charge >= 0.3 is 0 Å². The third kappa shape index (κ3) is 3.61. The molecule has 0 bridgehead atoms. The Bertz CT molecular complexity index is 749. The molecule has 2 aliphatic rings. The molecule has 1 fully saturated rings. The molecule has 6 heteroatoms. The first kappa shape index (κ1) is 17.1. The van der Waals surface area contributed by atoms with Crippen LogP contribution in [0.3, 0.4) is 0 Å². The molecular formula is C20H26N4O2. The lowest BCUT2D eigenvalue weighted by Gasteiger charge is -2.34. The SMILES string of the molecule is CC1c2cccn2CCN1CC(=O)Nc1ccc(N2CCOCC2)cc1. The van der Waals surface area contributed by atoms with Gasteiger partial charge < -0.3 is 19.5 Å². The first-order chi connectivity index (χ1) is 12.7. The van der Waals surface area contributed by atoms with Gasteiger partial charge in [0.2, 0.25) is 5.91 Å². The molecule has 0 saturated carbocycles. The van der Waals surface area contributed by atoms with Gasteiger partial charge in [-0.15, -0.1) is 0 Å². The molecule has 138 valence electrons. The van der Waals surface area contributed by atoms with Crippen molar-refractivity contribution in [2.75, 3.05) is 49.6 Å². The molecule has 2 aromatic rings. The van der Waals surface area contributed by atoms with E-state index in [4.69, 9.17) is 4.74 Å². The van der Waals surface area contributed by atoms with E-state index in [2.05, 4.69) is 57.1 Å². The van der Waals surface area contributed by atoms with E-state index in [1.807, 2.05) is 12.1 Å². The summed E-state index contributed by atoms with van der Waals surface area (Å²) in [6.07, 6.45) is 2.11. The van der Waals surface area contributed by atoms with E-state index in [-0.39, 0.29) is 11.9 Å². The zero-order chi connectivity index (χ0) is 17.9. The zero-order valence-electron chi connectivity index (χ0n) is 15.2. The summed E-state index contributed by atoms with van der Waals surface area (Å²) in [5.41, 5.74) is 3.30. The van der Waals surface area contributed by atoms with E-state index < -0.39 is 0 Å². The Kier molecular flexibility index (Phi) is 4.95. The van der Waals surface area contributed by atoms with Crippen LogP contribution in [0.1, 0.15) is 18.7 Å². The van der Waals surface area contributed by atoms with Gasteiger partial charge in [0.15, 0.2) is 0 Å². The standard InChI is InChI=1S/C20H26N4O2/c1-16-19-3-2-8-23(19)9-10-24(16)15-20(25)21-17-4-6-18(7-5-17)22-11-13-26-14-12-22/h2-8,16H,9-15H2,1H3,(H,21,25). The van der Waals surface area contributed by atoms with Gasteiger partial charge in [-0.25, -0.2) is 0 Å². The number of nitrogens with zero attached hydrogens (tertiary/aromatic N) is 3. The molecule has 1 saturated heterocycles. The molecular weight excluding hydrogens is 328 g/mol. The lowest BCUT2D eigenvalue weighted by molar-refractivity contribution is -0.118. The largest absolute Gasteiger partial charge is 0.378 e. The third-order valence-electron chi connectivity index (χ3n) is 5.34. The van der Waals surface area contributed by atoms with Gasteiger partial charge in [0, 0.05) is 55.5 Å². The summed E-state index contributed by atoms with van der Waals surface area (Å²) < 4.78 is 7.66. The Labute approximate surface area is 154 Å². The maximum absolute atomic E-state index is 12.5. The summed E-state index contributed by atoms with van der Waals surface area (Å²) >= 11 is 0. The smallest absolute Gasteiger partial charge is 0.238 e. The molecule has 1 N–H and O–H groups in total. The second-order valence-electron chi connectivity index (χ2n) is 6.97. The summed E-state index contributed by atoms with van der Waals surface area (Å²) in [7, 11) is 0. The van der Waals surface area contributed by atoms with Crippen LogP contribution in [0.25, 0.3) is 0 Å². The number of rotatable bonds is 4. The molecule has 4 rings (SSSR count). The second-order valence-corrected chi connectivity index (χ2v) is 6.97. The number of anilines is 2. The maximum atomic E-state index is 12.5. The number of morpholine rings is 1. The molecule has 3 heterocycles. The molecule has 2 aliphatic heterocycles. The molecule has 0 aliphatic carbocycles. The van der Waals surface area contributed by atoms with Gasteiger partial charge in [0.25, 0.3) is 0 Å². The Morgan fingerprint density at radius 1 is 1.12 bits per heavy atom. The van der Waals surface area contributed by atoms with Crippen molar-refractivity contribution in [3.05, 3.63) is 48.3 Å². The Hall–Kier alpha value is -2.31. The van der Waals surface area contributed by atoms with Crippen LogP contribution >= 0.6 is 0 Å². The van der Waals surface area contributed by atoms with Gasteiger partial charge in [-0.1, -0.05) is 0 Å². The predicted molar refractivity (Wildman–Crippen MR) is 103 cm³/mol. The van der Waals surface area contributed by atoms with Crippen molar-refractivity contribution in [1.82, 2.24) is 9.47 Å². The van der Waals surface area contributed by atoms with E-state index in [0.29, 0.717) is 6.54 Å². The molecule has 1 aromatic heterocycles. The van der Waals surface area contributed by atoms with Crippen LogP contribution in [-0.2, 0) is 16.1 Å². The van der Waals surface area contributed by atoms with Crippen LogP contribution in [0.5, 0.6) is 0 Å². The molecule has 6 nitrogen and oxygen atoms in total. The summed E-state index contributed by atoms with van der Waals surface area (Å²) in [5.74, 6) is 0.0379. The number of amides is 1. The molecule has 0 radical (unpaired) electrons. The number of nitrogens with one attached hydrogen (secondary N) is 1. The Morgan fingerprint density at radius 3 is 2.65 bits per heavy atom. The summed E-state index contributed by atoms with van der Waals surface area (Å²) in [6.45, 7) is 7.79. The minimum absolute atomic E-state index is 0.0379. The van der Waals surface area contributed by atoms with Crippen molar-refractivity contribution < 1.29 is 9.53 Å². The summed E-state index contributed by atoms with van der Waals surface area (Å²) in [5, 5.41) is 3.03. The minimum Gasteiger partial charge on any atom is -0.378 e. The molecule has 26 heavy (non-hydrogen) atoms. The third-order valence-corrected chi connectivity index (χ3v) is 5.34. The highest BCUT2D eigenvalue weighted by atomic mass is 16.5. The van der Waals surface area contributed by atoms with E-state index in [1.165, 1.54) is 11.4 Å². The predicted octanol–water partition coefficient (Wildman–Crippen LogP) is 2.34. The van der Waals surface area contributed by atoms with Crippen molar-refractivity contribution in [1.29, 1.82) is 0 Å². The molecule has 1 unspecified atom stereocenters. The van der Waals surface area contributed by atoms with Crippen LogP contribution in [0.2, 0.25) is 0 Å². The van der Waals surface area contributed by atoms with E-state index in [1.54, 1.807) is 0 Å². The highest BCUT2D eigenvalue weighted by molar-refractivity contribution is 5.92. The fourth-order valence-corrected chi connectivity index (χ4v) is 3.81. The average molecular weight is 354 g/mol. The number of carbonyl (C=O) groups excluding carboxylic acids is 1.